The van der Waals surface area contributed by atoms with Crippen LogP contribution in [0.1, 0.15) is 5.56 Å². The van der Waals surface area contributed by atoms with Gasteiger partial charge in [-0.2, -0.15) is 0 Å². The number of hydrogen-bond donors (Lipinski definition) is 2. The smallest absolute Gasteiger partial charge is 0.320 e. The lowest BCUT2D eigenvalue weighted by atomic mass is 10.0. The first-order valence-electron chi connectivity index (χ1n) is 4.62. The van der Waals surface area contributed by atoms with E-state index in [1.807, 2.05) is 29.6 Å². The monoisotopic (exact) mass is 221 g/mol. The highest BCUT2D eigenvalue weighted by atomic mass is 32.1. The predicted molar refractivity (Wildman–Crippen MR) is 61.1 cm³/mol. The molecule has 0 aliphatic carbocycles. The van der Waals surface area contributed by atoms with Crippen LogP contribution in [-0.4, -0.2) is 17.1 Å². The third kappa shape index (κ3) is 2.00. The molecule has 3 N–H and O–H groups in total. The summed E-state index contributed by atoms with van der Waals surface area (Å²) in [6, 6.07) is 7.07. The molecule has 0 fully saturated rings. The Kier molecular flexibility index (Phi) is 2.70. The van der Waals surface area contributed by atoms with Gasteiger partial charge in [0, 0.05) is 4.70 Å². The second-order valence-electron chi connectivity index (χ2n) is 3.40. The summed E-state index contributed by atoms with van der Waals surface area (Å²) in [5.74, 6) is -0.956. The third-order valence-electron chi connectivity index (χ3n) is 2.34. The minimum absolute atomic E-state index is 0.378. The quantitative estimate of drug-likeness (QED) is 0.831. The first-order chi connectivity index (χ1) is 7.18. The highest BCUT2D eigenvalue weighted by Gasteiger charge is 2.13. The maximum atomic E-state index is 10.7. The minimum Gasteiger partial charge on any atom is -0.480 e. The van der Waals surface area contributed by atoms with Gasteiger partial charge in [0.25, 0.3) is 0 Å². The molecule has 1 aromatic heterocycles. The molecule has 2 aromatic rings. The van der Waals surface area contributed by atoms with Crippen LogP contribution in [-0.2, 0) is 11.2 Å². The third-order valence-corrected chi connectivity index (χ3v) is 3.23. The maximum absolute atomic E-state index is 10.7. The molecule has 2 rings (SSSR count). The van der Waals surface area contributed by atoms with E-state index in [2.05, 4.69) is 0 Å². The fraction of sp³-hybridized carbons (Fsp3) is 0.182. The predicted octanol–water partition coefficient (Wildman–Crippen LogP) is 1.86. The first-order valence-corrected chi connectivity index (χ1v) is 5.50. The number of rotatable bonds is 3. The molecular formula is C11H11NO2S. The van der Waals surface area contributed by atoms with Crippen LogP contribution in [0.25, 0.3) is 10.1 Å². The van der Waals surface area contributed by atoms with E-state index < -0.39 is 12.0 Å². The normalized spacial score (nSPS) is 12.9. The van der Waals surface area contributed by atoms with Crippen molar-refractivity contribution in [3.8, 4) is 0 Å². The van der Waals surface area contributed by atoms with E-state index in [4.69, 9.17) is 10.8 Å². The van der Waals surface area contributed by atoms with Crippen molar-refractivity contribution < 1.29 is 9.90 Å². The highest BCUT2D eigenvalue weighted by Crippen LogP contribution is 2.24. The number of hydrogen-bond acceptors (Lipinski definition) is 3. The van der Waals surface area contributed by atoms with Crippen molar-refractivity contribution >= 4 is 27.4 Å². The molecule has 0 saturated carbocycles. The Morgan fingerprint density at radius 1 is 1.47 bits per heavy atom. The molecule has 4 heteroatoms. The molecule has 1 heterocycles. The summed E-state index contributed by atoms with van der Waals surface area (Å²) in [6.45, 7) is 0. The lowest BCUT2D eigenvalue weighted by Crippen LogP contribution is -2.32. The zero-order valence-corrected chi connectivity index (χ0v) is 8.83. The van der Waals surface area contributed by atoms with Crippen LogP contribution in [0, 0.1) is 0 Å². The summed E-state index contributed by atoms with van der Waals surface area (Å²) in [7, 11) is 0. The van der Waals surface area contributed by atoms with Crippen LogP contribution in [0.15, 0.2) is 29.6 Å². The van der Waals surface area contributed by atoms with E-state index in [1.165, 1.54) is 4.70 Å². The zero-order valence-electron chi connectivity index (χ0n) is 8.01. The van der Waals surface area contributed by atoms with Gasteiger partial charge in [-0.15, -0.1) is 11.3 Å². The van der Waals surface area contributed by atoms with Crippen molar-refractivity contribution in [1.82, 2.24) is 0 Å². The molecule has 0 saturated heterocycles. The Morgan fingerprint density at radius 2 is 2.27 bits per heavy atom. The number of benzene rings is 1. The molecule has 78 valence electrons. The molecule has 0 radical (unpaired) electrons. The summed E-state index contributed by atoms with van der Waals surface area (Å²) in [5, 5.41) is 11.9. The van der Waals surface area contributed by atoms with Crippen LogP contribution in [0.3, 0.4) is 0 Å². The van der Waals surface area contributed by atoms with Gasteiger partial charge in [0.05, 0.1) is 0 Å². The van der Waals surface area contributed by atoms with Crippen LogP contribution in [0.5, 0.6) is 0 Å². The van der Waals surface area contributed by atoms with Crippen LogP contribution >= 0.6 is 11.3 Å². The van der Waals surface area contributed by atoms with E-state index >= 15 is 0 Å². The van der Waals surface area contributed by atoms with Crippen molar-refractivity contribution in [2.24, 2.45) is 5.73 Å². The van der Waals surface area contributed by atoms with E-state index in [1.54, 1.807) is 11.3 Å². The largest absolute Gasteiger partial charge is 0.480 e. The second-order valence-corrected chi connectivity index (χ2v) is 4.35. The van der Waals surface area contributed by atoms with E-state index in [9.17, 15) is 4.79 Å². The summed E-state index contributed by atoms with van der Waals surface area (Å²) >= 11 is 1.65. The van der Waals surface area contributed by atoms with Crippen molar-refractivity contribution in [1.29, 1.82) is 0 Å². The number of carboxylic acid groups (broad SMARTS) is 1. The summed E-state index contributed by atoms with van der Waals surface area (Å²) < 4.78 is 1.17. The van der Waals surface area contributed by atoms with Gasteiger partial charge >= 0.3 is 5.97 Å². The number of nitrogens with two attached hydrogens (primary N) is 1. The topological polar surface area (TPSA) is 63.3 Å². The Bertz CT molecular complexity index is 492. The average Bonchev–Trinajstić information content (AvgIpc) is 2.66. The molecule has 15 heavy (non-hydrogen) atoms. The second kappa shape index (κ2) is 4.00. The minimum atomic E-state index is -0.956. The van der Waals surface area contributed by atoms with Crippen molar-refractivity contribution in [3.05, 3.63) is 35.2 Å². The van der Waals surface area contributed by atoms with Crippen LogP contribution in [0.4, 0.5) is 0 Å². The zero-order chi connectivity index (χ0) is 10.8. The lowest BCUT2D eigenvalue weighted by molar-refractivity contribution is -0.138. The molecular weight excluding hydrogens is 210 g/mol. The molecule has 1 aromatic carbocycles. The van der Waals surface area contributed by atoms with E-state index in [0.717, 1.165) is 10.9 Å². The van der Waals surface area contributed by atoms with Crippen molar-refractivity contribution in [2.75, 3.05) is 0 Å². The fourth-order valence-corrected chi connectivity index (χ4v) is 2.39. The van der Waals surface area contributed by atoms with E-state index in [-0.39, 0.29) is 0 Å². The van der Waals surface area contributed by atoms with Gasteiger partial charge in [-0.3, -0.25) is 4.79 Å². The fourth-order valence-electron chi connectivity index (χ4n) is 1.56. The first kappa shape index (κ1) is 10.1. The summed E-state index contributed by atoms with van der Waals surface area (Å²) in [6.07, 6.45) is 0.378. The average molecular weight is 221 g/mol. The Morgan fingerprint density at radius 3 is 3.00 bits per heavy atom. The molecule has 0 amide bonds. The maximum Gasteiger partial charge on any atom is 0.320 e. The summed E-state index contributed by atoms with van der Waals surface area (Å²) in [5.41, 5.74) is 6.52. The van der Waals surface area contributed by atoms with E-state index in [0.29, 0.717) is 6.42 Å². The van der Waals surface area contributed by atoms with Gasteiger partial charge in [0.1, 0.15) is 6.04 Å². The van der Waals surface area contributed by atoms with Gasteiger partial charge in [-0.1, -0.05) is 12.1 Å². The molecule has 0 spiro atoms. The number of carbonyl (C=O) groups is 1. The molecule has 0 bridgehead atoms. The van der Waals surface area contributed by atoms with Crippen LogP contribution < -0.4 is 5.73 Å². The van der Waals surface area contributed by atoms with Gasteiger partial charge in [0.2, 0.25) is 0 Å². The van der Waals surface area contributed by atoms with Gasteiger partial charge in [0.15, 0.2) is 0 Å². The van der Waals surface area contributed by atoms with Crippen molar-refractivity contribution in [2.45, 2.75) is 12.5 Å². The molecule has 0 aliphatic rings. The Hall–Kier alpha value is -1.39. The lowest BCUT2D eigenvalue weighted by Gasteiger charge is -2.07. The molecule has 0 aliphatic heterocycles. The number of carboxylic acids is 1. The van der Waals surface area contributed by atoms with Gasteiger partial charge in [-0.25, -0.2) is 0 Å². The number of fused-ring (bicyclic) bond motifs is 1. The number of thiophene rings is 1. The highest BCUT2D eigenvalue weighted by molar-refractivity contribution is 7.17. The number of aliphatic carboxylic acids is 1. The van der Waals surface area contributed by atoms with Crippen LogP contribution in [0.2, 0.25) is 0 Å². The van der Waals surface area contributed by atoms with Gasteiger partial charge < -0.3 is 10.8 Å². The SMILES string of the molecule is N[C@H](Cc1cccc2sccc12)C(=O)O. The molecule has 1 atom stereocenters. The standard InChI is InChI=1S/C11H11NO2S/c12-9(11(13)14)6-7-2-1-3-10-8(7)4-5-15-10/h1-5,9H,6,12H2,(H,13,14)/t9-/m1/s1. The van der Waals surface area contributed by atoms with Crippen molar-refractivity contribution in [3.63, 3.8) is 0 Å². The molecule has 3 nitrogen and oxygen atoms in total. The Balaban J connectivity index is 2.35. The molecule has 0 unspecified atom stereocenters. The van der Waals surface area contributed by atoms with Gasteiger partial charge in [-0.05, 0) is 34.9 Å². The summed E-state index contributed by atoms with van der Waals surface area (Å²) in [4.78, 5) is 10.7. The Labute approximate surface area is 91.1 Å².